The highest BCUT2D eigenvalue weighted by Gasteiger charge is 2.17. The van der Waals surface area contributed by atoms with Gasteiger partial charge < -0.3 is 15.7 Å². The number of carbonyl (C=O) groups excluding carboxylic acids is 1. The Morgan fingerprint density at radius 3 is 2.50 bits per heavy atom. The minimum atomic E-state index is -0.922. The third kappa shape index (κ3) is 3.85. The minimum Gasteiger partial charge on any atom is -0.481 e. The van der Waals surface area contributed by atoms with E-state index in [0.717, 1.165) is 11.3 Å². The van der Waals surface area contributed by atoms with Crippen molar-refractivity contribution in [3.05, 3.63) is 29.8 Å². The molecule has 98 valence electrons. The van der Waals surface area contributed by atoms with E-state index < -0.39 is 5.97 Å². The van der Waals surface area contributed by atoms with Crippen LogP contribution in [0.4, 0.5) is 5.69 Å². The molecule has 0 aliphatic heterocycles. The van der Waals surface area contributed by atoms with E-state index in [0.29, 0.717) is 0 Å². The van der Waals surface area contributed by atoms with E-state index in [9.17, 15) is 9.59 Å². The van der Waals surface area contributed by atoms with Crippen LogP contribution in [0.15, 0.2) is 24.3 Å². The highest BCUT2D eigenvalue weighted by Crippen LogP contribution is 2.20. The van der Waals surface area contributed by atoms with Gasteiger partial charge in [-0.25, -0.2) is 0 Å². The Morgan fingerprint density at radius 2 is 1.94 bits per heavy atom. The van der Waals surface area contributed by atoms with Gasteiger partial charge in [-0.1, -0.05) is 18.2 Å². The Hall–Kier alpha value is -1.88. The number of anilines is 1. The van der Waals surface area contributed by atoms with Gasteiger partial charge in [-0.2, -0.15) is 0 Å². The summed E-state index contributed by atoms with van der Waals surface area (Å²) >= 11 is 0. The first-order chi connectivity index (χ1) is 8.56. The molecule has 18 heavy (non-hydrogen) atoms. The monoisotopic (exact) mass is 250 g/mol. The first-order valence-electron chi connectivity index (χ1n) is 5.84. The maximum absolute atomic E-state index is 12.0. The topological polar surface area (TPSA) is 83.6 Å². The number of aliphatic carboxylic acids is 1. The van der Waals surface area contributed by atoms with Gasteiger partial charge in [0.1, 0.15) is 0 Å². The zero-order valence-corrected chi connectivity index (χ0v) is 10.4. The quantitative estimate of drug-likeness (QED) is 0.793. The molecule has 0 saturated carbocycles. The Balaban J connectivity index is 2.93. The number of carbonyl (C=O) groups is 2. The second-order valence-corrected chi connectivity index (χ2v) is 4.01. The average Bonchev–Trinajstić information content (AvgIpc) is 2.31. The van der Waals surface area contributed by atoms with Crippen molar-refractivity contribution >= 4 is 17.6 Å². The summed E-state index contributed by atoms with van der Waals surface area (Å²) in [6.07, 6.45) is 0.137. The summed E-state index contributed by atoms with van der Waals surface area (Å²) in [5.41, 5.74) is 7.06. The number of benzene rings is 1. The standard InChI is InChI=1S/C13H18N2O3/c1-10-4-2-3-5-11(10)15(9-7-13(17)18)12(16)6-8-14/h2-5H,6-9,14H2,1H3,(H,17,18). The summed E-state index contributed by atoms with van der Waals surface area (Å²) < 4.78 is 0. The summed E-state index contributed by atoms with van der Waals surface area (Å²) in [5, 5.41) is 8.73. The molecule has 1 rings (SSSR count). The van der Waals surface area contributed by atoms with Crippen LogP contribution >= 0.6 is 0 Å². The molecule has 0 fully saturated rings. The van der Waals surface area contributed by atoms with E-state index in [-0.39, 0.29) is 31.8 Å². The van der Waals surface area contributed by atoms with Gasteiger partial charge in [0.05, 0.1) is 6.42 Å². The Labute approximate surface area is 106 Å². The average molecular weight is 250 g/mol. The maximum atomic E-state index is 12.0. The van der Waals surface area contributed by atoms with Gasteiger partial charge in [0.15, 0.2) is 0 Å². The first-order valence-corrected chi connectivity index (χ1v) is 5.84. The number of hydrogen-bond acceptors (Lipinski definition) is 3. The third-order valence-corrected chi connectivity index (χ3v) is 2.61. The SMILES string of the molecule is Cc1ccccc1N(CCC(=O)O)C(=O)CCN. The minimum absolute atomic E-state index is 0.0787. The van der Waals surface area contributed by atoms with Crippen LogP contribution in [-0.4, -0.2) is 30.1 Å². The normalized spacial score (nSPS) is 10.1. The zero-order valence-electron chi connectivity index (χ0n) is 10.4. The molecule has 0 atom stereocenters. The highest BCUT2D eigenvalue weighted by atomic mass is 16.4. The van der Waals surface area contributed by atoms with Gasteiger partial charge in [-0.15, -0.1) is 0 Å². The Morgan fingerprint density at radius 1 is 1.28 bits per heavy atom. The predicted octanol–water partition coefficient (Wildman–Crippen LogP) is 1.15. The smallest absolute Gasteiger partial charge is 0.305 e. The Bertz CT molecular complexity index is 432. The predicted molar refractivity (Wildman–Crippen MR) is 69.5 cm³/mol. The third-order valence-electron chi connectivity index (χ3n) is 2.61. The van der Waals surface area contributed by atoms with E-state index in [1.54, 1.807) is 0 Å². The second kappa shape index (κ2) is 6.76. The fourth-order valence-electron chi connectivity index (χ4n) is 1.71. The summed E-state index contributed by atoms with van der Waals surface area (Å²) in [5.74, 6) is -1.07. The van der Waals surface area contributed by atoms with E-state index in [2.05, 4.69) is 0 Å². The number of rotatable bonds is 6. The van der Waals surface area contributed by atoms with Crippen LogP contribution in [0, 0.1) is 6.92 Å². The van der Waals surface area contributed by atoms with Gasteiger partial charge in [0.25, 0.3) is 0 Å². The van der Waals surface area contributed by atoms with Crippen LogP contribution in [0.5, 0.6) is 0 Å². The molecular formula is C13H18N2O3. The van der Waals surface area contributed by atoms with Crippen molar-refractivity contribution in [1.82, 2.24) is 0 Å². The van der Waals surface area contributed by atoms with Crippen LogP contribution in [-0.2, 0) is 9.59 Å². The number of para-hydroxylation sites is 1. The molecule has 0 heterocycles. The van der Waals surface area contributed by atoms with Crippen molar-refractivity contribution in [2.45, 2.75) is 19.8 Å². The number of nitrogens with zero attached hydrogens (tertiary/aromatic N) is 1. The molecule has 5 heteroatoms. The molecule has 1 aromatic rings. The fraction of sp³-hybridized carbons (Fsp3) is 0.385. The molecule has 0 bridgehead atoms. The number of hydrogen-bond donors (Lipinski definition) is 2. The summed E-state index contributed by atoms with van der Waals surface area (Å²) in [6, 6.07) is 7.40. The molecule has 5 nitrogen and oxygen atoms in total. The van der Waals surface area contributed by atoms with Crippen molar-refractivity contribution in [1.29, 1.82) is 0 Å². The van der Waals surface area contributed by atoms with Crippen LogP contribution in [0.2, 0.25) is 0 Å². The molecule has 0 radical (unpaired) electrons. The lowest BCUT2D eigenvalue weighted by Crippen LogP contribution is -2.34. The lowest BCUT2D eigenvalue weighted by Gasteiger charge is -2.23. The van der Waals surface area contributed by atoms with Crippen molar-refractivity contribution < 1.29 is 14.7 Å². The Kier molecular flexibility index (Phi) is 5.32. The molecule has 0 saturated heterocycles. The van der Waals surface area contributed by atoms with Gasteiger partial charge in [-0.3, -0.25) is 9.59 Å². The zero-order chi connectivity index (χ0) is 13.5. The second-order valence-electron chi connectivity index (χ2n) is 4.01. The van der Waals surface area contributed by atoms with Gasteiger partial charge in [0, 0.05) is 25.2 Å². The summed E-state index contributed by atoms with van der Waals surface area (Å²) in [6.45, 7) is 2.31. The summed E-state index contributed by atoms with van der Waals surface area (Å²) in [4.78, 5) is 24.1. The molecule has 0 aliphatic rings. The highest BCUT2D eigenvalue weighted by molar-refractivity contribution is 5.94. The van der Waals surface area contributed by atoms with Gasteiger partial charge in [-0.05, 0) is 18.6 Å². The first kappa shape index (κ1) is 14.2. The van der Waals surface area contributed by atoms with Crippen molar-refractivity contribution in [3.8, 4) is 0 Å². The molecule has 0 unspecified atom stereocenters. The number of carboxylic acid groups (broad SMARTS) is 1. The van der Waals surface area contributed by atoms with E-state index >= 15 is 0 Å². The van der Waals surface area contributed by atoms with Gasteiger partial charge >= 0.3 is 5.97 Å². The molecule has 0 aromatic heterocycles. The molecule has 1 aromatic carbocycles. The van der Waals surface area contributed by atoms with Crippen molar-refractivity contribution in [2.75, 3.05) is 18.0 Å². The number of amides is 1. The lowest BCUT2D eigenvalue weighted by atomic mass is 10.1. The fourth-order valence-corrected chi connectivity index (χ4v) is 1.71. The lowest BCUT2D eigenvalue weighted by molar-refractivity contribution is -0.136. The number of nitrogens with two attached hydrogens (primary N) is 1. The van der Waals surface area contributed by atoms with Crippen LogP contribution in [0.1, 0.15) is 18.4 Å². The number of aryl methyl sites for hydroxylation is 1. The van der Waals surface area contributed by atoms with Crippen LogP contribution in [0.3, 0.4) is 0 Å². The summed E-state index contributed by atoms with van der Waals surface area (Å²) in [7, 11) is 0. The van der Waals surface area contributed by atoms with Crippen molar-refractivity contribution in [3.63, 3.8) is 0 Å². The maximum Gasteiger partial charge on any atom is 0.305 e. The molecule has 1 amide bonds. The van der Waals surface area contributed by atoms with E-state index in [1.807, 2.05) is 31.2 Å². The van der Waals surface area contributed by atoms with E-state index in [1.165, 1.54) is 4.90 Å². The van der Waals surface area contributed by atoms with Crippen LogP contribution in [0.25, 0.3) is 0 Å². The molecular weight excluding hydrogens is 232 g/mol. The molecule has 0 spiro atoms. The molecule has 0 aliphatic carbocycles. The van der Waals surface area contributed by atoms with Gasteiger partial charge in [0.2, 0.25) is 5.91 Å². The largest absolute Gasteiger partial charge is 0.481 e. The van der Waals surface area contributed by atoms with E-state index in [4.69, 9.17) is 10.8 Å². The van der Waals surface area contributed by atoms with Crippen LogP contribution < -0.4 is 10.6 Å². The molecule has 3 N–H and O–H groups in total. The number of carboxylic acids is 1. The van der Waals surface area contributed by atoms with Crippen molar-refractivity contribution in [2.24, 2.45) is 5.73 Å².